The van der Waals surface area contributed by atoms with Crippen molar-refractivity contribution in [3.63, 3.8) is 0 Å². The normalized spacial score (nSPS) is 15.8. The summed E-state index contributed by atoms with van der Waals surface area (Å²) in [5.41, 5.74) is 1.26. The number of unbranched alkanes of at least 4 members (excludes halogenated alkanes) is 1. The van der Waals surface area contributed by atoms with Crippen molar-refractivity contribution in [2.75, 3.05) is 31.1 Å². The molecule has 0 N–H and O–H groups in total. The molecule has 18 heavy (non-hydrogen) atoms. The number of amides is 1. The van der Waals surface area contributed by atoms with Crippen molar-refractivity contribution in [3.8, 4) is 0 Å². The largest absolute Gasteiger partial charge is 0.368 e. The zero-order valence-corrected chi connectivity index (χ0v) is 11.1. The van der Waals surface area contributed by atoms with Crippen LogP contribution in [0.1, 0.15) is 26.2 Å². The van der Waals surface area contributed by atoms with Crippen LogP contribution < -0.4 is 4.90 Å². The van der Waals surface area contributed by atoms with Gasteiger partial charge in [-0.25, -0.2) is 0 Å². The SMILES string of the molecule is CCCCC(=O)N1CCN(c2ccccc2)CC1. The van der Waals surface area contributed by atoms with Gasteiger partial charge < -0.3 is 9.80 Å². The molecule has 1 aliphatic rings. The van der Waals surface area contributed by atoms with Crippen LogP contribution in [-0.2, 0) is 4.79 Å². The van der Waals surface area contributed by atoms with Gasteiger partial charge in [0.2, 0.25) is 5.91 Å². The predicted octanol–water partition coefficient (Wildman–Crippen LogP) is 2.53. The number of nitrogens with zero attached hydrogens (tertiary/aromatic N) is 2. The van der Waals surface area contributed by atoms with Gasteiger partial charge in [-0.15, -0.1) is 0 Å². The number of anilines is 1. The summed E-state index contributed by atoms with van der Waals surface area (Å²) >= 11 is 0. The quantitative estimate of drug-likeness (QED) is 0.815. The minimum atomic E-state index is 0.324. The van der Waals surface area contributed by atoms with Crippen LogP contribution in [0.25, 0.3) is 0 Å². The van der Waals surface area contributed by atoms with E-state index < -0.39 is 0 Å². The first-order valence-electron chi connectivity index (χ1n) is 6.89. The Morgan fingerprint density at radius 3 is 2.39 bits per heavy atom. The van der Waals surface area contributed by atoms with Crippen LogP contribution in [0.5, 0.6) is 0 Å². The Labute approximate surface area is 109 Å². The van der Waals surface area contributed by atoms with E-state index in [1.54, 1.807) is 0 Å². The van der Waals surface area contributed by atoms with Gasteiger partial charge in [-0.05, 0) is 18.6 Å². The average molecular weight is 246 g/mol. The lowest BCUT2D eigenvalue weighted by atomic mass is 10.2. The number of hydrogen-bond donors (Lipinski definition) is 0. The van der Waals surface area contributed by atoms with Crippen molar-refractivity contribution in [3.05, 3.63) is 30.3 Å². The van der Waals surface area contributed by atoms with E-state index in [4.69, 9.17) is 0 Å². The van der Waals surface area contributed by atoms with Gasteiger partial charge in [-0.1, -0.05) is 31.5 Å². The number of rotatable bonds is 4. The fourth-order valence-electron chi connectivity index (χ4n) is 2.34. The van der Waals surface area contributed by atoms with E-state index in [0.29, 0.717) is 12.3 Å². The molecule has 1 heterocycles. The van der Waals surface area contributed by atoms with Crippen LogP contribution in [0.15, 0.2) is 30.3 Å². The molecule has 1 fully saturated rings. The highest BCUT2D eigenvalue weighted by Gasteiger charge is 2.20. The molecule has 0 unspecified atom stereocenters. The Bertz CT molecular complexity index is 369. The van der Waals surface area contributed by atoms with E-state index in [0.717, 1.165) is 39.0 Å². The summed E-state index contributed by atoms with van der Waals surface area (Å²) in [7, 11) is 0. The summed E-state index contributed by atoms with van der Waals surface area (Å²) in [6, 6.07) is 10.4. The Morgan fingerprint density at radius 1 is 1.11 bits per heavy atom. The third kappa shape index (κ3) is 3.25. The molecule has 1 aromatic rings. The van der Waals surface area contributed by atoms with Gasteiger partial charge in [0.15, 0.2) is 0 Å². The molecule has 1 aliphatic heterocycles. The number of piperazine rings is 1. The smallest absolute Gasteiger partial charge is 0.222 e. The van der Waals surface area contributed by atoms with Gasteiger partial charge >= 0.3 is 0 Å². The molecular weight excluding hydrogens is 224 g/mol. The predicted molar refractivity (Wildman–Crippen MR) is 74.8 cm³/mol. The molecule has 0 atom stereocenters. The van der Waals surface area contributed by atoms with E-state index in [1.165, 1.54) is 5.69 Å². The van der Waals surface area contributed by atoms with Gasteiger partial charge in [0.1, 0.15) is 0 Å². The maximum absolute atomic E-state index is 11.9. The molecule has 0 radical (unpaired) electrons. The van der Waals surface area contributed by atoms with E-state index in [1.807, 2.05) is 11.0 Å². The minimum Gasteiger partial charge on any atom is -0.368 e. The number of carbonyl (C=O) groups excluding carboxylic acids is 1. The first-order chi connectivity index (χ1) is 8.81. The van der Waals surface area contributed by atoms with Gasteiger partial charge in [0.25, 0.3) is 0 Å². The summed E-state index contributed by atoms with van der Waals surface area (Å²) < 4.78 is 0. The molecule has 0 spiro atoms. The standard InChI is InChI=1S/C15H22N2O/c1-2-3-9-15(18)17-12-10-16(11-13-17)14-7-5-4-6-8-14/h4-8H,2-3,9-13H2,1H3. The molecule has 2 rings (SSSR count). The topological polar surface area (TPSA) is 23.6 Å². The first kappa shape index (κ1) is 12.9. The molecule has 3 nitrogen and oxygen atoms in total. The lowest BCUT2D eigenvalue weighted by Crippen LogP contribution is -2.48. The summed E-state index contributed by atoms with van der Waals surface area (Å²) in [6.07, 6.45) is 2.81. The molecule has 0 aromatic heterocycles. The molecule has 98 valence electrons. The van der Waals surface area contributed by atoms with Gasteiger partial charge in [-0.3, -0.25) is 4.79 Å². The molecule has 1 aromatic carbocycles. The van der Waals surface area contributed by atoms with Crippen molar-refractivity contribution in [1.82, 2.24) is 4.90 Å². The Morgan fingerprint density at radius 2 is 1.78 bits per heavy atom. The zero-order chi connectivity index (χ0) is 12.8. The first-order valence-corrected chi connectivity index (χ1v) is 6.89. The zero-order valence-electron chi connectivity index (χ0n) is 11.1. The molecule has 1 saturated heterocycles. The van der Waals surface area contributed by atoms with Crippen LogP contribution in [0.3, 0.4) is 0 Å². The van der Waals surface area contributed by atoms with Crippen molar-refractivity contribution >= 4 is 11.6 Å². The third-order valence-corrected chi connectivity index (χ3v) is 3.50. The second-order valence-corrected chi connectivity index (χ2v) is 4.81. The fraction of sp³-hybridized carbons (Fsp3) is 0.533. The lowest BCUT2D eigenvalue weighted by Gasteiger charge is -2.36. The summed E-state index contributed by atoms with van der Waals surface area (Å²) in [5.74, 6) is 0.324. The lowest BCUT2D eigenvalue weighted by molar-refractivity contribution is -0.131. The van der Waals surface area contributed by atoms with Crippen molar-refractivity contribution in [1.29, 1.82) is 0 Å². The van der Waals surface area contributed by atoms with E-state index >= 15 is 0 Å². The van der Waals surface area contributed by atoms with Crippen molar-refractivity contribution in [2.45, 2.75) is 26.2 Å². The highest BCUT2D eigenvalue weighted by atomic mass is 16.2. The van der Waals surface area contributed by atoms with Crippen molar-refractivity contribution in [2.24, 2.45) is 0 Å². The van der Waals surface area contributed by atoms with Crippen LogP contribution in [-0.4, -0.2) is 37.0 Å². The summed E-state index contributed by atoms with van der Waals surface area (Å²) in [4.78, 5) is 16.3. The maximum Gasteiger partial charge on any atom is 0.222 e. The number of hydrogen-bond acceptors (Lipinski definition) is 2. The van der Waals surface area contributed by atoms with E-state index in [-0.39, 0.29) is 0 Å². The monoisotopic (exact) mass is 246 g/mol. The second-order valence-electron chi connectivity index (χ2n) is 4.81. The number of carbonyl (C=O) groups is 1. The van der Waals surface area contributed by atoms with Gasteiger partial charge in [-0.2, -0.15) is 0 Å². The Balaban J connectivity index is 1.83. The Kier molecular flexibility index (Phi) is 4.62. The average Bonchev–Trinajstić information content (AvgIpc) is 2.46. The highest BCUT2D eigenvalue weighted by Crippen LogP contribution is 2.16. The van der Waals surface area contributed by atoms with Crippen molar-refractivity contribution < 1.29 is 4.79 Å². The number of para-hydroxylation sites is 1. The fourth-order valence-corrected chi connectivity index (χ4v) is 2.34. The second kappa shape index (κ2) is 6.43. The van der Waals surface area contributed by atoms with Crippen LogP contribution >= 0.6 is 0 Å². The minimum absolute atomic E-state index is 0.324. The summed E-state index contributed by atoms with van der Waals surface area (Å²) in [6.45, 7) is 5.74. The Hall–Kier alpha value is -1.51. The molecule has 0 aliphatic carbocycles. The van der Waals surface area contributed by atoms with Crippen LogP contribution in [0.2, 0.25) is 0 Å². The van der Waals surface area contributed by atoms with E-state index in [2.05, 4.69) is 36.1 Å². The summed E-state index contributed by atoms with van der Waals surface area (Å²) in [5, 5.41) is 0. The molecule has 1 amide bonds. The maximum atomic E-state index is 11.9. The third-order valence-electron chi connectivity index (χ3n) is 3.50. The van der Waals surface area contributed by atoms with Crippen LogP contribution in [0, 0.1) is 0 Å². The highest BCUT2D eigenvalue weighted by molar-refractivity contribution is 5.76. The molecule has 3 heteroatoms. The van der Waals surface area contributed by atoms with Gasteiger partial charge in [0.05, 0.1) is 0 Å². The van der Waals surface area contributed by atoms with Gasteiger partial charge in [0, 0.05) is 38.3 Å². The molecule has 0 bridgehead atoms. The molecule has 0 saturated carbocycles. The van der Waals surface area contributed by atoms with Crippen LogP contribution in [0.4, 0.5) is 5.69 Å². The number of benzene rings is 1. The van der Waals surface area contributed by atoms with E-state index in [9.17, 15) is 4.79 Å². The molecular formula is C15H22N2O.